The van der Waals surface area contributed by atoms with Gasteiger partial charge in [0.05, 0.1) is 4.88 Å². The first-order valence-corrected chi connectivity index (χ1v) is 11.5. The molecular formula is C23H26N2O4S. The molecule has 1 aliphatic carbocycles. The van der Waals surface area contributed by atoms with Crippen molar-refractivity contribution in [1.82, 2.24) is 4.90 Å². The molecule has 5 rings (SSSR count). The second-order valence-electron chi connectivity index (χ2n) is 8.53. The predicted molar refractivity (Wildman–Crippen MR) is 115 cm³/mol. The highest BCUT2D eigenvalue weighted by Gasteiger charge is 2.30. The second-order valence-corrected chi connectivity index (χ2v) is 9.67. The van der Waals surface area contributed by atoms with E-state index in [-0.39, 0.29) is 24.5 Å². The van der Waals surface area contributed by atoms with Crippen LogP contribution in [0.5, 0.6) is 11.5 Å². The van der Waals surface area contributed by atoms with Crippen molar-refractivity contribution in [3.8, 4) is 11.5 Å². The molecule has 1 atom stereocenters. The Hall–Kier alpha value is -2.54. The Morgan fingerprint density at radius 2 is 1.90 bits per heavy atom. The van der Waals surface area contributed by atoms with Gasteiger partial charge in [0.1, 0.15) is 0 Å². The summed E-state index contributed by atoms with van der Waals surface area (Å²) in [6.07, 6.45) is 4.76. The van der Waals surface area contributed by atoms with Crippen LogP contribution < -0.4 is 14.8 Å². The number of hydrogen-bond donors (Lipinski definition) is 1. The van der Waals surface area contributed by atoms with Crippen molar-refractivity contribution in [2.24, 2.45) is 11.8 Å². The van der Waals surface area contributed by atoms with Gasteiger partial charge in [0, 0.05) is 35.6 Å². The molecule has 2 amide bonds. The lowest BCUT2D eigenvalue weighted by molar-refractivity contribution is -0.121. The normalized spacial score (nSPS) is 20.7. The molecule has 1 saturated heterocycles. The van der Waals surface area contributed by atoms with Gasteiger partial charge in [-0.2, -0.15) is 0 Å². The molecule has 30 heavy (non-hydrogen) atoms. The number of ether oxygens (including phenoxy) is 2. The largest absolute Gasteiger partial charge is 0.454 e. The molecule has 1 aromatic heterocycles. The second kappa shape index (κ2) is 7.95. The summed E-state index contributed by atoms with van der Waals surface area (Å²) in [5.74, 6) is 2.09. The highest BCUT2D eigenvalue weighted by atomic mass is 32.1. The van der Waals surface area contributed by atoms with Gasteiger partial charge >= 0.3 is 0 Å². The summed E-state index contributed by atoms with van der Waals surface area (Å²) in [5, 5.41) is 2.98. The van der Waals surface area contributed by atoms with Gasteiger partial charge in [0.15, 0.2) is 11.5 Å². The fraction of sp³-hybridized carbons (Fsp3) is 0.478. The van der Waals surface area contributed by atoms with Crippen LogP contribution in [0.2, 0.25) is 0 Å². The lowest BCUT2D eigenvalue weighted by Gasteiger charge is -2.31. The highest BCUT2D eigenvalue weighted by molar-refractivity contribution is 7.14. The summed E-state index contributed by atoms with van der Waals surface area (Å²) in [7, 11) is 0. The average Bonchev–Trinajstić information content (AvgIpc) is 3.39. The summed E-state index contributed by atoms with van der Waals surface area (Å²) in [5.41, 5.74) is 2.07. The minimum atomic E-state index is -0.0862. The zero-order valence-electron chi connectivity index (χ0n) is 17.1. The van der Waals surface area contributed by atoms with E-state index in [9.17, 15) is 9.59 Å². The molecule has 3 heterocycles. The van der Waals surface area contributed by atoms with Gasteiger partial charge in [-0.05, 0) is 61.8 Å². The van der Waals surface area contributed by atoms with Crippen LogP contribution in [0.25, 0.3) is 0 Å². The summed E-state index contributed by atoms with van der Waals surface area (Å²) in [4.78, 5) is 29.8. The summed E-state index contributed by atoms with van der Waals surface area (Å²) in [6.45, 7) is 3.74. The Balaban J connectivity index is 1.17. The molecule has 3 aliphatic rings. The maximum absolute atomic E-state index is 13.0. The van der Waals surface area contributed by atoms with Crippen LogP contribution in [-0.4, -0.2) is 36.6 Å². The number of nitrogens with one attached hydrogen (secondary N) is 1. The molecule has 0 bridgehead atoms. The Morgan fingerprint density at radius 3 is 2.73 bits per heavy atom. The number of rotatable bonds is 3. The van der Waals surface area contributed by atoms with Crippen molar-refractivity contribution in [3.63, 3.8) is 0 Å². The van der Waals surface area contributed by atoms with E-state index in [1.165, 1.54) is 16.9 Å². The van der Waals surface area contributed by atoms with E-state index in [2.05, 4.69) is 18.3 Å². The molecule has 0 saturated carbocycles. The number of fused-ring (bicyclic) bond motifs is 2. The number of aryl methyl sites for hydroxylation is 1. The number of hydrogen-bond acceptors (Lipinski definition) is 5. The molecule has 158 valence electrons. The van der Waals surface area contributed by atoms with Crippen molar-refractivity contribution < 1.29 is 19.1 Å². The van der Waals surface area contributed by atoms with Crippen molar-refractivity contribution in [3.05, 3.63) is 39.6 Å². The van der Waals surface area contributed by atoms with Crippen LogP contribution in [0.1, 0.15) is 46.3 Å². The Kier molecular flexibility index (Phi) is 5.15. The van der Waals surface area contributed by atoms with Gasteiger partial charge in [0.2, 0.25) is 12.7 Å². The third-order valence-electron chi connectivity index (χ3n) is 6.33. The van der Waals surface area contributed by atoms with Gasteiger partial charge in [-0.25, -0.2) is 0 Å². The fourth-order valence-corrected chi connectivity index (χ4v) is 5.71. The molecule has 0 spiro atoms. The number of thiophene rings is 1. The van der Waals surface area contributed by atoms with Crippen LogP contribution in [-0.2, 0) is 17.6 Å². The van der Waals surface area contributed by atoms with Gasteiger partial charge < -0.3 is 19.7 Å². The Bertz CT molecular complexity index is 978. The number of piperidine rings is 1. The smallest absolute Gasteiger partial charge is 0.263 e. The standard InChI is InChI=1S/C23H26N2O4S/c1-14-2-5-20-16(10-14)11-21(30-20)23(27)25-8-6-15(7-9-25)22(26)24-17-3-4-18-19(12-17)29-13-28-18/h3-4,11-12,14-15H,2,5-10,13H2,1H3,(H,24,26)/t14-/m0/s1. The van der Waals surface area contributed by atoms with Crippen molar-refractivity contribution in [2.75, 3.05) is 25.2 Å². The monoisotopic (exact) mass is 426 g/mol. The van der Waals surface area contributed by atoms with E-state index in [1.807, 2.05) is 11.0 Å². The van der Waals surface area contributed by atoms with Gasteiger partial charge in [-0.3, -0.25) is 9.59 Å². The fourth-order valence-electron chi connectivity index (χ4n) is 4.53. The number of likely N-dealkylation sites (tertiary alicyclic amines) is 1. The molecule has 0 radical (unpaired) electrons. The minimum Gasteiger partial charge on any atom is -0.454 e. The van der Waals surface area contributed by atoms with Gasteiger partial charge in [0.25, 0.3) is 5.91 Å². The SMILES string of the molecule is C[C@H]1CCc2sc(C(=O)N3CCC(C(=O)Nc4ccc5c(c4)OCO5)CC3)cc2C1. The maximum atomic E-state index is 13.0. The molecule has 0 unspecified atom stereocenters. The van der Waals surface area contributed by atoms with Gasteiger partial charge in [-0.1, -0.05) is 6.92 Å². The zero-order valence-corrected chi connectivity index (χ0v) is 17.9. The average molecular weight is 427 g/mol. The van der Waals surface area contributed by atoms with E-state index in [4.69, 9.17) is 9.47 Å². The zero-order chi connectivity index (χ0) is 20.7. The molecule has 2 aromatic rings. The molecule has 7 heteroatoms. The van der Waals surface area contributed by atoms with Crippen molar-refractivity contribution in [2.45, 2.75) is 39.0 Å². The molecular weight excluding hydrogens is 400 g/mol. The lowest BCUT2D eigenvalue weighted by Crippen LogP contribution is -2.41. The molecule has 1 fully saturated rings. The van der Waals surface area contributed by atoms with Gasteiger partial charge in [-0.15, -0.1) is 11.3 Å². The van der Waals surface area contributed by atoms with Crippen LogP contribution in [0.4, 0.5) is 5.69 Å². The van der Waals surface area contributed by atoms with E-state index in [0.29, 0.717) is 49.0 Å². The maximum Gasteiger partial charge on any atom is 0.263 e. The molecule has 1 N–H and O–H groups in total. The van der Waals surface area contributed by atoms with E-state index >= 15 is 0 Å². The quantitative estimate of drug-likeness (QED) is 0.803. The Morgan fingerprint density at radius 1 is 1.10 bits per heavy atom. The molecule has 2 aliphatic heterocycles. The molecule has 6 nitrogen and oxygen atoms in total. The van der Waals surface area contributed by atoms with E-state index < -0.39 is 0 Å². The number of amides is 2. The first-order valence-electron chi connectivity index (χ1n) is 10.7. The third kappa shape index (κ3) is 3.78. The lowest BCUT2D eigenvalue weighted by atomic mass is 9.90. The van der Waals surface area contributed by atoms with Crippen LogP contribution in [0, 0.1) is 11.8 Å². The number of anilines is 1. The van der Waals surface area contributed by atoms with Crippen LogP contribution in [0.3, 0.4) is 0 Å². The van der Waals surface area contributed by atoms with E-state index in [1.54, 1.807) is 23.5 Å². The van der Waals surface area contributed by atoms with Crippen molar-refractivity contribution >= 4 is 28.8 Å². The molecule has 1 aromatic carbocycles. The topological polar surface area (TPSA) is 67.9 Å². The van der Waals surface area contributed by atoms with Crippen LogP contribution >= 0.6 is 11.3 Å². The van der Waals surface area contributed by atoms with Crippen molar-refractivity contribution in [1.29, 1.82) is 0 Å². The first-order chi connectivity index (χ1) is 14.6. The Labute approximate surface area is 180 Å². The first kappa shape index (κ1) is 19.4. The number of nitrogens with zero attached hydrogens (tertiary/aromatic N) is 1. The van der Waals surface area contributed by atoms with E-state index in [0.717, 1.165) is 17.7 Å². The number of carbonyl (C=O) groups excluding carboxylic acids is 2. The summed E-state index contributed by atoms with van der Waals surface area (Å²) in [6, 6.07) is 7.53. The number of carbonyl (C=O) groups is 2. The predicted octanol–water partition coefficient (Wildman–Crippen LogP) is 4.09. The van der Waals surface area contributed by atoms with Crippen LogP contribution in [0.15, 0.2) is 24.3 Å². The summed E-state index contributed by atoms with van der Waals surface area (Å²) >= 11 is 1.67. The minimum absolute atomic E-state index is 0.00143. The number of benzene rings is 1. The third-order valence-corrected chi connectivity index (χ3v) is 7.56. The highest BCUT2D eigenvalue weighted by Crippen LogP contribution is 2.35. The summed E-state index contributed by atoms with van der Waals surface area (Å²) < 4.78 is 10.7.